The highest BCUT2D eigenvalue weighted by Gasteiger charge is 2.30. The van der Waals surface area contributed by atoms with Crippen LogP contribution in [0.25, 0.3) is 10.2 Å². The Morgan fingerprint density at radius 3 is 2.62 bits per heavy atom. The maximum absolute atomic E-state index is 12.7. The molecule has 3 aromatic rings. The van der Waals surface area contributed by atoms with Gasteiger partial charge in [-0.15, -0.1) is 0 Å². The molecule has 5 nitrogen and oxygen atoms in total. The molecule has 0 saturated carbocycles. The van der Waals surface area contributed by atoms with Gasteiger partial charge in [-0.05, 0) is 35.9 Å². The van der Waals surface area contributed by atoms with Gasteiger partial charge in [-0.1, -0.05) is 11.3 Å². The molecule has 2 heterocycles. The summed E-state index contributed by atoms with van der Waals surface area (Å²) in [4.78, 5) is 19.7. The second-order valence-electron chi connectivity index (χ2n) is 4.86. The summed E-state index contributed by atoms with van der Waals surface area (Å²) in [6.45, 7) is 0.303. The summed E-state index contributed by atoms with van der Waals surface area (Å²) < 4.78 is 38.6. The number of aromatic nitrogens is 2. The summed E-state index contributed by atoms with van der Waals surface area (Å²) in [5.74, 6) is 0. The molecule has 9 heteroatoms. The fraction of sp³-hybridized carbons (Fsp3) is 0.133. The number of rotatable bonds is 3. The smallest absolute Gasteiger partial charge is 0.334 e. The lowest BCUT2D eigenvalue weighted by molar-refractivity contribution is -0.137. The molecule has 0 unspecified atom stereocenters. The summed E-state index contributed by atoms with van der Waals surface area (Å²) in [6, 6.07) is 6.34. The summed E-state index contributed by atoms with van der Waals surface area (Å²) in [5.41, 5.74) is 0.299. The number of nitrogens with one attached hydrogen (secondary N) is 2. The minimum absolute atomic E-state index is 0.194. The van der Waals surface area contributed by atoms with Crippen LogP contribution in [0.3, 0.4) is 0 Å². The number of amides is 2. The van der Waals surface area contributed by atoms with Crippen LogP contribution in [0.15, 0.2) is 42.7 Å². The number of carbonyl (C=O) groups excluding carboxylic acids is 1. The maximum atomic E-state index is 12.7. The van der Waals surface area contributed by atoms with Crippen LogP contribution >= 0.6 is 11.3 Å². The summed E-state index contributed by atoms with van der Waals surface area (Å²) in [5, 5.41) is 5.39. The molecule has 0 atom stereocenters. The van der Waals surface area contributed by atoms with Crippen LogP contribution in [0.5, 0.6) is 0 Å². The molecule has 0 aliphatic rings. The molecule has 3 rings (SSSR count). The van der Waals surface area contributed by atoms with Gasteiger partial charge in [0.1, 0.15) is 0 Å². The number of urea groups is 1. The number of benzene rings is 1. The summed E-state index contributed by atoms with van der Waals surface area (Å²) >= 11 is 1.11. The van der Waals surface area contributed by atoms with Crippen LogP contribution in [-0.4, -0.2) is 16.0 Å². The fourth-order valence-corrected chi connectivity index (χ4v) is 2.82. The molecule has 24 heavy (non-hydrogen) atoms. The Morgan fingerprint density at radius 2 is 1.92 bits per heavy atom. The van der Waals surface area contributed by atoms with Crippen molar-refractivity contribution in [3.05, 3.63) is 53.9 Å². The Balaban J connectivity index is 1.67. The first kappa shape index (κ1) is 16.2. The first-order valence-corrected chi connectivity index (χ1v) is 7.65. The van der Waals surface area contributed by atoms with Crippen LogP contribution in [0.4, 0.5) is 23.1 Å². The zero-order valence-corrected chi connectivity index (χ0v) is 12.9. The van der Waals surface area contributed by atoms with Crippen molar-refractivity contribution in [2.24, 2.45) is 0 Å². The largest absolute Gasteiger partial charge is 0.416 e. The lowest BCUT2D eigenvalue weighted by Gasteiger charge is -2.05. The van der Waals surface area contributed by atoms with Gasteiger partial charge in [-0.2, -0.15) is 13.2 Å². The third kappa shape index (κ3) is 3.80. The zero-order chi connectivity index (χ0) is 17.2. The van der Waals surface area contributed by atoms with E-state index in [2.05, 4.69) is 20.6 Å². The van der Waals surface area contributed by atoms with E-state index in [9.17, 15) is 18.0 Å². The van der Waals surface area contributed by atoms with Crippen molar-refractivity contribution in [3.8, 4) is 0 Å². The van der Waals surface area contributed by atoms with E-state index in [0.29, 0.717) is 11.2 Å². The molecule has 124 valence electrons. The number of anilines is 1. The van der Waals surface area contributed by atoms with E-state index in [4.69, 9.17) is 0 Å². The molecule has 2 aromatic heterocycles. The minimum atomic E-state index is -4.42. The van der Waals surface area contributed by atoms with Crippen LogP contribution in [0.1, 0.15) is 11.1 Å². The van der Waals surface area contributed by atoms with Crippen molar-refractivity contribution in [3.63, 3.8) is 0 Å². The van der Waals surface area contributed by atoms with Crippen molar-refractivity contribution >= 4 is 32.7 Å². The average Bonchev–Trinajstić information content (AvgIpc) is 2.94. The molecular weight excluding hydrogens is 341 g/mol. The predicted octanol–water partition coefficient (Wildman–Crippen LogP) is 4.03. The highest BCUT2D eigenvalue weighted by atomic mass is 32.1. The number of fused-ring (bicyclic) bond motifs is 1. The standard InChI is InChI=1S/C15H11F3N4OS/c16-15(17,18)10-1-2-12-11(7-10)21-14(24-12)22-13(23)20-8-9-3-5-19-6-4-9/h1-7H,8H2,(H2,20,21,22,23). The lowest BCUT2D eigenvalue weighted by atomic mass is 10.2. The van der Waals surface area contributed by atoms with E-state index in [1.54, 1.807) is 24.5 Å². The molecule has 2 amide bonds. The van der Waals surface area contributed by atoms with Crippen LogP contribution in [0.2, 0.25) is 0 Å². The molecule has 1 aromatic carbocycles. The molecule has 0 saturated heterocycles. The number of nitrogens with zero attached hydrogens (tertiary/aromatic N) is 2. The van der Waals surface area contributed by atoms with E-state index >= 15 is 0 Å². The monoisotopic (exact) mass is 352 g/mol. The lowest BCUT2D eigenvalue weighted by Crippen LogP contribution is -2.28. The van der Waals surface area contributed by atoms with Gasteiger partial charge in [0.05, 0.1) is 15.8 Å². The third-order valence-corrected chi connectivity index (χ3v) is 4.09. The molecule has 0 radical (unpaired) electrons. The summed E-state index contributed by atoms with van der Waals surface area (Å²) in [7, 11) is 0. The molecule has 0 bridgehead atoms. The summed E-state index contributed by atoms with van der Waals surface area (Å²) in [6.07, 6.45) is -1.20. The molecule has 0 aliphatic carbocycles. The first-order chi connectivity index (χ1) is 11.4. The Kier molecular flexibility index (Phi) is 4.34. The molecule has 0 fully saturated rings. The van der Waals surface area contributed by atoms with E-state index in [-0.39, 0.29) is 10.6 Å². The van der Waals surface area contributed by atoms with Crippen LogP contribution < -0.4 is 10.6 Å². The van der Waals surface area contributed by atoms with Gasteiger partial charge >= 0.3 is 12.2 Å². The Labute approximate surface area is 138 Å². The van der Waals surface area contributed by atoms with Gasteiger partial charge in [-0.3, -0.25) is 10.3 Å². The highest BCUT2D eigenvalue weighted by molar-refractivity contribution is 7.22. The molecule has 0 spiro atoms. The van der Waals surface area contributed by atoms with Gasteiger partial charge in [0.2, 0.25) is 0 Å². The van der Waals surface area contributed by atoms with Gasteiger partial charge in [0.15, 0.2) is 5.13 Å². The number of hydrogen-bond donors (Lipinski definition) is 2. The molecule has 2 N–H and O–H groups in total. The van der Waals surface area contributed by atoms with Gasteiger partial charge in [-0.25, -0.2) is 9.78 Å². The highest BCUT2D eigenvalue weighted by Crippen LogP contribution is 2.33. The Bertz CT molecular complexity index is 864. The number of alkyl halides is 3. The second kappa shape index (κ2) is 6.44. The number of carbonyl (C=O) groups is 1. The van der Waals surface area contributed by atoms with Crippen molar-refractivity contribution < 1.29 is 18.0 Å². The van der Waals surface area contributed by atoms with Gasteiger partial charge in [0, 0.05) is 18.9 Å². The first-order valence-electron chi connectivity index (χ1n) is 6.83. The Morgan fingerprint density at radius 1 is 1.17 bits per heavy atom. The van der Waals surface area contributed by atoms with E-state index in [1.807, 2.05) is 0 Å². The number of thiazole rings is 1. The second-order valence-corrected chi connectivity index (χ2v) is 5.89. The fourth-order valence-electron chi connectivity index (χ4n) is 1.98. The topological polar surface area (TPSA) is 66.9 Å². The van der Waals surface area contributed by atoms with Crippen LogP contribution in [-0.2, 0) is 12.7 Å². The van der Waals surface area contributed by atoms with Crippen molar-refractivity contribution in [1.82, 2.24) is 15.3 Å². The molecule has 0 aliphatic heterocycles. The minimum Gasteiger partial charge on any atom is -0.334 e. The number of halogens is 3. The third-order valence-electron chi connectivity index (χ3n) is 3.14. The molecular formula is C15H11F3N4OS. The quantitative estimate of drug-likeness (QED) is 0.748. The normalized spacial score (nSPS) is 11.5. The van der Waals surface area contributed by atoms with Gasteiger partial charge < -0.3 is 5.32 Å². The van der Waals surface area contributed by atoms with E-state index in [1.165, 1.54) is 6.07 Å². The van der Waals surface area contributed by atoms with E-state index in [0.717, 1.165) is 29.0 Å². The maximum Gasteiger partial charge on any atom is 0.416 e. The van der Waals surface area contributed by atoms with Gasteiger partial charge in [0.25, 0.3) is 0 Å². The predicted molar refractivity (Wildman–Crippen MR) is 84.7 cm³/mol. The number of hydrogen-bond acceptors (Lipinski definition) is 4. The zero-order valence-electron chi connectivity index (χ0n) is 12.1. The average molecular weight is 352 g/mol. The van der Waals surface area contributed by atoms with Crippen molar-refractivity contribution in [1.29, 1.82) is 0 Å². The van der Waals surface area contributed by atoms with Crippen LogP contribution in [0, 0.1) is 0 Å². The SMILES string of the molecule is O=C(NCc1ccncc1)Nc1nc2cc(C(F)(F)F)ccc2s1. The van der Waals surface area contributed by atoms with Crippen molar-refractivity contribution in [2.45, 2.75) is 12.7 Å². The van der Waals surface area contributed by atoms with Crippen molar-refractivity contribution in [2.75, 3.05) is 5.32 Å². The Hall–Kier alpha value is -2.68. The number of pyridine rings is 1. The van der Waals surface area contributed by atoms with E-state index < -0.39 is 17.8 Å².